The monoisotopic (exact) mass is 381 g/mol. The number of carbonyl (C=O) groups is 1. The molecule has 4 heteroatoms. The number of fused-ring (bicyclic) bond motifs is 2. The fourth-order valence-corrected chi connectivity index (χ4v) is 5.08. The minimum Gasteiger partial charge on any atom is -0.466 e. The summed E-state index contributed by atoms with van der Waals surface area (Å²) in [4.78, 5) is 15.4. The molecule has 0 saturated carbocycles. The maximum atomic E-state index is 13.3. The van der Waals surface area contributed by atoms with Crippen LogP contribution in [0.1, 0.15) is 48.8 Å². The lowest BCUT2D eigenvalue weighted by atomic mass is 9.75. The number of aryl methyl sites for hydroxylation is 1. The van der Waals surface area contributed by atoms with E-state index in [-0.39, 0.29) is 29.7 Å². The largest absolute Gasteiger partial charge is 0.466 e. The molecule has 2 heterocycles. The van der Waals surface area contributed by atoms with Crippen LogP contribution >= 0.6 is 0 Å². The van der Waals surface area contributed by atoms with E-state index < -0.39 is 0 Å². The highest BCUT2D eigenvalue weighted by Gasteiger charge is 2.50. The lowest BCUT2D eigenvalue weighted by molar-refractivity contribution is -0.153. The molecule has 4 rings (SSSR count). The molecule has 28 heavy (non-hydrogen) atoms. The normalized spacial score (nSPS) is 27.0. The highest BCUT2D eigenvalue weighted by molar-refractivity contribution is 5.75. The van der Waals surface area contributed by atoms with Gasteiger partial charge in [-0.15, -0.1) is 0 Å². The highest BCUT2D eigenvalue weighted by atomic mass is 19.1. The van der Waals surface area contributed by atoms with Gasteiger partial charge in [0.1, 0.15) is 5.82 Å². The Labute approximate surface area is 166 Å². The Morgan fingerprint density at radius 2 is 1.82 bits per heavy atom. The van der Waals surface area contributed by atoms with E-state index in [1.807, 2.05) is 19.1 Å². The summed E-state index contributed by atoms with van der Waals surface area (Å²) in [6.07, 6.45) is 3.08. The van der Waals surface area contributed by atoms with Gasteiger partial charge in [-0.2, -0.15) is 0 Å². The summed E-state index contributed by atoms with van der Waals surface area (Å²) in [7, 11) is 0. The maximum Gasteiger partial charge on any atom is 0.311 e. The van der Waals surface area contributed by atoms with Crippen LogP contribution in [-0.4, -0.2) is 29.6 Å². The second-order valence-corrected chi connectivity index (χ2v) is 8.13. The Hall–Kier alpha value is -2.20. The SMILES string of the molecule is CCOC(=O)[C@H]1[C@@H](c2ccc(C)cc2)C[C@@H]2CC[C@H]1N2Cc1ccc(F)cc1. The lowest BCUT2D eigenvalue weighted by Crippen LogP contribution is -2.50. The van der Waals surface area contributed by atoms with Crippen LogP contribution in [-0.2, 0) is 16.1 Å². The van der Waals surface area contributed by atoms with Crippen molar-refractivity contribution in [1.82, 2.24) is 4.90 Å². The molecule has 2 bridgehead atoms. The number of halogens is 1. The van der Waals surface area contributed by atoms with Crippen molar-refractivity contribution in [2.75, 3.05) is 6.61 Å². The Morgan fingerprint density at radius 1 is 1.11 bits per heavy atom. The van der Waals surface area contributed by atoms with Gasteiger partial charge in [0, 0.05) is 24.5 Å². The second kappa shape index (κ2) is 8.04. The maximum absolute atomic E-state index is 13.3. The number of esters is 1. The zero-order valence-corrected chi connectivity index (χ0v) is 16.6. The Morgan fingerprint density at radius 3 is 2.50 bits per heavy atom. The van der Waals surface area contributed by atoms with Gasteiger partial charge in [0.2, 0.25) is 0 Å². The lowest BCUT2D eigenvalue weighted by Gasteiger charge is -2.44. The van der Waals surface area contributed by atoms with Crippen molar-refractivity contribution >= 4 is 5.97 Å². The molecule has 0 N–H and O–H groups in total. The number of carbonyl (C=O) groups excluding carboxylic acids is 1. The van der Waals surface area contributed by atoms with Crippen LogP contribution in [0.5, 0.6) is 0 Å². The fraction of sp³-hybridized carbons (Fsp3) is 0.458. The predicted molar refractivity (Wildman–Crippen MR) is 107 cm³/mol. The average molecular weight is 381 g/mol. The molecule has 0 amide bonds. The molecular weight excluding hydrogens is 353 g/mol. The van der Waals surface area contributed by atoms with Gasteiger partial charge in [0.15, 0.2) is 0 Å². The molecule has 0 aliphatic carbocycles. The van der Waals surface area contributed by atoms with Crippen LogP contribution in [0.3, 0.4) is 0 Å². The van der Waals surface area contributed by atoms with Crippen LogP contribution in [0.4, 0.5) is 4.39 Å². The molecule has 2 aliphatic heterocycles. The zero-order valence-electron chi connectivity index (χ0n) is 16.6. The quantitative estimate of drug-likeness (QED) is 0.695. The van der Waals surface area contributed by atoms with Gasteiger partial charge in [-0.25, -0.2) is 4.39 Å². The van der Waals surface area contributed by atoms with Crippen molar-refractivity contribution in [2.45, 2.75) is 57.7 Å². The minimum absolute atomic E-state index is 0.0810. The van der Waals surface area contributed by atoms with E-state index in [2.05, 4.69) is 36.1 Å². The zero-order chi connectivity index (χ0) is 19.7. The van der Waals surface area contributed by atoms with E-state index in [0.29, 0.717) is 12.6 Å². The van der Waals surface area contributed by atoms with Gasteiger partial charge in [-0.1, -0.05) is 42.0 Å². The van der Waals surface area contributed by atoms with Gasteiger partial charge in [-0.3, -0.25) is 9.69 Å². The molecule has 2 fully saturated rings. The second-order valence-electron chi connectivity index (χ2n) is 8.13. The summed E-state index contributed by atoms with van der Waals surface area (Å²) in [6.45, 7) is 5.12. The van der Waals surface area contributed by atoms with Crippen LogP contribution in [0, 0.1) is 18.7 Å². The highest BCUT2D eigenvalue weighted by Crippen LogP contribution is 2.48. The predicted octanol–water partition coefficient (Wildman–Crippen LogP) is 4.83. The number of nitrogens with zero attached hydrogens (tertiary/aromatic N) is 1. The molecule has 3 nitrogen and oxygen atoms in total. The molecule has 0 radical (unpaired) electrons. The van der Waals surface area contributed by atoms with Crippen molar-refractivity contribution < 1.29 is 13.9 Å². The Bertz CT molecular complexity index is 818. The number of hydrogen-bond acceptors (Lipinski definition) is 3. The first-order chi connectivity index (χ1) is 13.6. The summed E-state index contributed by atoms with van der Waals surface area (Å²) in [6, 6.07) is 15.9. The van der Waals surface area contributed by atoms with E-state index in [1.54, 1.807) is 0 Å². The van der Waals surface area contributed by atoms with Gasteiger partial charge in [0.25, 0.3) is 0 Å². The van der Waals surface area contributed by atoms with Crippen LogP contribution < -0.4 is 0 Å². The Kier molecular flexibility index (Phi) is 5.49. The van der Waals surface area contributed by atoms with Crippen LogP contribution in [0.25, 0.3) is 0 Å². The van der Waals surface area contributed by atoms with Crippen molar-refractivity contribution in [1.29, 1.82) is 0 Å². The minimum atomic E-state index is -0.214. The molecule has 0 aromatic heterocycles. The number of ether oxygens (including phenoxy) is 1. The van der Waals surface area contributed by atoms with Crippen molar-refractivity contribution in [3.63, 3.8) is 0 Å². The summed E-state index contributed by atoms with van der Waals surface area (Å²) >= 11 is 0. The number of benzene rings is 2. The Balaban J connectivity index is 1.62. The summed E-state index contributed by atoms with van der Waals surface area (Å²) < 4.78 is 18.8. The molecule has 0 unspecified atom stereocenters. The van der Waals surface area contributed by atoms with E-state index in [9.17, 15) is 9.18 Å². The molecule has 4 atom stereocenters. The third-order valence-electron chi connectivity index (χ3n) is 6.41. The van der Waals surface area contributed by atoms with Gasteiger partial charge < -0.3 is 4.74 Å². The first kappa shape index (κ1) is 19.1. The van der Waals surface area contributed by atoms with Gasteiger partial charge in [-0.05, 0) is 56.4 Å². The molecule has 148 valence electrons. The number of rotatable bonds is 5. The van der Waals surface area contributed by atoms with Crippen molar-refractivity contribution in [3.05, 3.63) is 71.0 Å². The van der Waals surface area contributed by atoms with Crippen molar-refractivity contribution in [2.24, 2.45) is 5.92 Å². The molecule has 2 aromatic carbocycles. The number of hydrogen-bond donors (Lipinski definition) is 0. The first-order valence-corrected chi connectivity index (χ1v) is 10.3. The van der Waals surface area contributed by atoms with Crippen LogP contribution in [0.2, 0.25) is 0 Å². The summed E-state index contributed by atoms with van der Waals surface area (Å²) in [5.74, 6) is -0.250. The topological polar surface area (TPSA) is 29.5 Å². The van der Waals surface area contributed by atoms with E-state index in [0.717, 1.165) is 31.4 Å². The molecular formula is C24H28FNO2. The van der Waals surface area contributed by atoms with Gasteiger partial charge >= 0.3 is 5.97 Å². The smallest absolute Gasteiger partial charge is 0.311 e. The molecule has 2 aromatic rings. The third kappa shape index (κ3) is 3.70. The number of piperidine rings is 1. The first-order valence-electron chi connectivity index (χ1n) is 10.3. The molecule has 2 aliphatic rings. The fourth-order valence-electron chi connectivity index (χ4n) is 5.08. The molecule has 2 saturated heterocycles. The molecule has 0 spiro atoms. The average Bonchev–Trinajstić information content (AvgIpc) is 2.95. The summed E-state index contributed by atoms with van der Waals surface area (Å²) in [5.41, 5.74) is 3.56. The summed E-state index contributed by atoms with van der Waals surface area (Å²) in [5, 5.41) is 0. The van der Waals surface area contributed by atoms with E-state index in [4.69, 9.17) is 4.74 Å². The van der Waals surface area contributed by atoms with Crippen molar-refractivity contribution in [3.8, 4) is 0 Å². The standard InChI is InChI=1S/C24H28FNO2/c1-3-28-24(27)23-21(18-8-4-16(2)5-9-18)14-20-12-13-22(23)26(20)15-17-6-10-19(25)11-7-17/h4-11,20-23H,3,12-15H2,1-2H3/t20-,21+,22+,23-/m0/s1. The third-order valence-corrected chi connectivity index (χ3v) is 6.41. The van der Waals surface area contributed by atoms with Gasteiger partial charge in [0.05, 0.1) is 12.5 Å². The van der Waals surface area contributed by atoms with Crippen LogP contribution in [0.15, 0.2) is 48.5 Å². The van der Waals surface area contributed by atoms with E-state index >= 15 is 0 Å². The van der Waals surface area contributed by atoms with E-state index in [1.165, 1.54) is 23.3 Å².